The molecule has 1 saturated heterocycles. The molecule has 0 bridgehead atoms. The number of halogens is 1. The van der Waals surface area contributed by atoms with Crippen molar-refractivity contribution in [2.45, 2.75) is 58.2 Å². The standard InChI is InChI=1S/C31H49FN12O5.C11H21N2O4.U/c1-5-24(45)38-23-18-44(17-21(23)32)31-40-29(27-30(41-31)43(3)20-37-27)39-22(28(33)49-4)15-34-11-9-7-6-8-10-12-36-25(46)16-35-13-14-42(2)19-26(47)48;1-4-13(9-11(16)17-5-2)7-6-12(3)8-10(14)15;/h5,15,20-21,23,33-35H,1,6-14,16-19H2,2-4H3,(H,36,46)(H,38,45)(H,47,48)(H,39,40,41);5H,4,6-9H2,1-3H3,(H,14,15);/q;-1;/p+1/b22-15+,33-28?;;/t21-,23?;;/m1../s1. The number of anilines is 2. The number of fused-ring (bicyclic) bond motifs is 1. The molecule has 1 aliphatic heterocycles. The van der Waals surface area contributed by atoms with Gasteiger partial charge in [0.05, 0.1) is 58.7 Å². The molecule has 2 amide bonds. The molecule has 1 unspecified atom stereocenters. The predicted octanol–water partition coefficient (Wildman–Crippen LogP) is -0.645. The number of nitrogens with zero attached hydrogens (tertiary/aromatic N) is 8. The Kier molecular flexibility index (Phi) is 30.3. The van der Waals surface area contributed by atoms with E-state index >= 15 is 0 Å². The maximum Gasteiger partial charge on any atom is 0.317 e. The van der Waals surface area contributed by atoms with Crippen molar-refractivity contribution < 1.29 is 84.5 Å². The summed E-state index contributed by atoms with van der Waals surface area (Å²) in [5, 5.41) is 39.3. The number of ether oxygens (including phenoxy) is 2. The number of likely N-dealkylation sites (N-methyl/N-ethyl adjacent to an activating group) is 3. The number of nitrogens with two attached hydrogens (primary N) is 1. The van der Waals surface area contributed by atoms with Crippen molar-refractivity contribution >= 4 is 58.6 Å². The molecule has 0 saturated carbocycles. The Hall–Kier alpha value is -4.77. The van der Waals surface area contributed by atoms with E-state index in [1.165, 1.54) is 13.7 Å². The summed E-state index contributed by atoms with van der Waals surface area (Å²) in [7, 11) is 6.65. The Bertz CT molecular complexity index is 1910. The number of unbranched alkanes of at least 4 members (excludes halogenated alkanes) is 4. The fraction of sp³-hybridized carbons (Fsp3) is 0.619. The van der Waals surface area contributed by atoms with Gasteiger partial charge in [0, 0.05) is 77.4 Å². The van der Waals surface area contributed by atoms with Crippen molar-refractivity contribution in [2.24, 2.45) is 7.05 Å². The molecule has 9 N–H and O–H groups in total. The average molecular weight is 1170 g/mol. The molecular weight excluding hydrogens is 1100 g/mol. The number of carboxylic acids is 2. The van der Waals surface area contributed by atoms with E-state index < -0.39 is 30.1 Å². The summed E-state index contributed by atoms with van der Waals surface area (Å²) >= 11 is 0. The third-order valence-electron chi connectivity index (χ3n) is 10.1. The summed E-state index contributed by atoms with van der Waals surface area (Å²) in [6.07, 6.45) is 8.01. The van der Waals surface area contributed by atoms with Gasteiger partial charge in [0.1, 0.15) is 12.4 Å². The minimum Gasteiger partial charge on any atom is -0.636 e. The van der Waals surface area contributed by atoms with Crippen LogP contribution < -0.4 is 31.5 Å². The van der Waals surface area contributed by atoms with E-state index in [4.69, 9.17) is 25.1 Å². The number of carbonyl (C=O) groups excluding carboxylic acids is 3. The predicted molar refractivity (Wildman–Crippen MR) is 246 cm³/mol. The molecule has 0 spiro atoms. The number of carboxylic acid groups (broad SMARTS) is 2. The van der Waals surface area contributed by atoms with Crippen LogP contribution in [0.15, 0.2) is 30.9 Å². The van der Waals surface area contributed by atoms with Crippen LogP contribution in [0, 0.1) is 43.1 Å². The van der Waals surface area contributed by atoms with Crippen molar-refractivity contribution in [1.29, 1.82) is 5.41 Å². The van der Waals surface area contributed by atoms with E-state index in [1.54, 1.807) is 59.9 Å². The zero-order chi connectivity index (χ0) is 49.0. The largest absolute Gasteiger partial charge is 0.636 e. The summed E-state index contributed by atoms with van der Waals surface area (Å²) in [5.74, 6) is -2.06. The third kappa shape index (κ3) is 24.2. The van der Waals surface area contributed by atoms with Crippen LogP contribution >= 0.6 is 0 Å². The van der Waals surface area contributed by atoms with Crippen molar-refractivity contribution in [3.8, 4) is 0 Å². The van der Waals surface area contributed by atoms with Gasteiger partial charge in [0.25, 0.3) is 5.97 Å². The monoisotopic (exact) mass is 1170 g/mol. The van der Waals surface area contributed by atoms with Crippen molar-refractivity contribution in [1.82, 2.24) is 50.2 Å². The van der Waals surface area contributed by atoms with E-state index in [9.17, 15) is 28.4 Å². The number of imidazole rings is 1. The number of aliphatic carboxylic acids is 2. The summed E-state index contributed by atoms with van der Waals surface area (Å²) in [6.45, 7) is 13.4. The quantitative estimate of drug-likeness (QED) is 0.0116. The number of nitrogens with one attached hydrogen (secondary N) is 5. The number of esters is 1. The van der Waals surface area contributed by atoms with Crippen LogP contribution in [-0.2, 0) is 40.5 Å². The van der Waals surface area contributed by atoms with Crippen LogP contribution in [0.3, 0.4) is 0 Å². The Morgan fingerprint density at radius 2 is 1.69 bits per heavy atom. The van der Waals surface area contributed by atoms with Gasteiger partial charge >= 0.3 is 11.9 Å². The maximum atomic E-state index is 14.8. The summed E-state index contributed by atoms with van der Waals surface area (Å²) in [4.78, 5) is 76.7. The Labute approximate surface area is 415 Å². The van der Waals surface area contributed by atoms with E-state index in [-0.39, 0.29) is 94.1 Å². The maximum absolute atomic E-state index is 14.8. The normalized spacial score (nSPS) is 14.6. The SMILES string of the molecule is C=CC(=O)NC1CN(c2nc(N/C(=C/[NH2+]CCCCCCCNC(=O)CNCCN(C)CC(=O)O)C(=N)OC)c3ncn(C)c3n2)C[C@H]1F.C[CH-]OC(=O)CN(CC)CCN(C)CC(=O)O.[U]. The van der Waals surface area contributed by atoms with Crippen LogP contribution in [0.4, 0.5) is 16.2 Å². The number of carbonyl (C=O) groups is 5. The smallest absolute Gasteiger partial charge is 0.317 e. The van der Waals surface area contributed by atoms with Crippen LogP contribution in [0.2, 0.25) is 0 Å². The summed E-state index contributed by atoms with van der Waals surface area (Å²) in [5.41, 5.74) is 1.36. The number of aryl methyl sites for hydroxylation is 1. The molecule has 2 aromatic rings. The molecule has 67 heavy (non-hydrogen) atoms. The summed E-state index contributed by atoms with van der Waals surface area (Å²) in [6, 6.07) is -0.731. The minimum atomic E-state index is -1.32. The van der Waals surface area contributed by atoms with Crippen molar-refractivity contribution in [3.05, 3.63) is 37.5 Å². The van der Waals surface area contributed by atoms with E-state index in [2.05, 4.69) is 42.8 Å². The minimum absolute atomic E-state index is 0. The molecule has 1 fully saturated rings. The number of hydrogen-bond donors (Lipinski definition) is 8. The zero-order valence-corrected chi connectivity index (χ0v) is 43.8. The van der Waals surface area contributed by atoms with Gasteiger partial charge < -0.3 is 55.7 Å². The first kappa shape index (κ1) is 60.2. The first-order valence-corrected chi connectivity index (χ1v) is 21.9. The molecule has 3 heterocycles. The van der Waals surface area contributed by atoms with Crippen LogP contribution in [-0.4, -0.2) is 199 Å². The number of amides is 2. The molecule has 2 aromatic heterocycles. The molecule has 23 nitrogen and oxygen atoms in total. The number of aromatic nitrogens is 4. The summed E-state index contributed by atoms with van der Waals surface area (Å²) < 4.78 is 26.4. The third-order valence-corrected chi connectivity index (χ3v) is 10.1. The van der Waals surface area contributed by atoms with E-state index in [0.29, 0.717) is 55.4 Å². The topological polar surface area (TPSA) is 289 Å². The zero-order valence-electron chi connectivity index (χ0n) is 39.7. The van der Waals surface area contributed by atoms with E-state index in [0.717, 1.165) is 51.3 Å². The fourth-order valence-electron chi connectivity index (χ4n) is 6.45. The molecule has 0 aromatic carbocycles. The Morgan fingerprint density at radius 1 is 1.01 bits per heavy atom. The van der Waals surface area contributed by atoms with Gasteiger partial charge in [0.15, 0.2) is 22.7 Å². The van der Waals surface area contributed by atoms with Gasteiger partial charge in [-0.3, -0.25) is 44.1 Å². The van der Waals surface area contributed by atoms with E-state index in [1.807, 2.05) is 17.1 Å². The molecule has 2 atom stereocenters. The van der Waals surface area contributed by atoms with Gasteiger partial charge in [-0.1, -0.05) is 26.3 Å². The number of quaternary nitrogens is 1. The fourth-order valence-corrected chi connectivity index (χ4v) is 6.45. The second-order valence-corrected chi connectivity index (χ2v) is 15.6. The van der Waals surface area contributed by atoms with Gasteiger partial charge in [0.2, 0.25) is 23.7 Å². The number of alkyl halides is 1. The van der Waals surface area contributed by atoms with Crippen LogP contribution in [0.1, 0.15) is 46.0 Å². The molecule has 1 aliphatic rings. The van der Waals surface area contributed by atoms with Crippen LogP contribution in [0.5, 0.6) is 0 Å². The van der Waals surface area contributed by atoms with Crippen LogP contribution in [0.25, 0.3) is 11.2 Å². The first-order valence-electron chi connectivity index (χ1n) is 21.9. The number of methoxy groups -OCH3 is 1. The average Bonchev–Trinajstić information content (AvgIpc) is 3.84. The molecule has 374 valence electrons. The van der Waals surface area contributed by atoms with Crippen molar-refractivity contribution in [3.63, 3.8) is 0 Å². The molecule has 0 radical (unpaired) electrons. The van der Waals surface area contributed by atoms with Crippen molar-refractivity contribution in [2.75, 3.05) is 117 Å². The molecular formula is C42H71FN14O9U. The first-order chi connectivity index (χ1) is 31.5. The Balaban J connectivity index is 0.00000106. The second-order valence-electron chi connectivity index (χ2n) is 15.6. The van der Waals surface area contributed by atoms with Gasteiger partial charge in [-0.2, -0.15) is 23.5 Å². The second kappa shape index (κ2) is 33.7. The number of hydrogen-bond acceptors (Lipinski definition) is 17. The van der Waals surface area contributed by atoms with Gasteiger partial charge in [-0.15, -0.1) is 0 Å². The number of rotatable bonds is 31. The Morgan fingerprint density at radius 3 is 2.33 bits per heavy atom. The van der Waals surface area contributed by atoms with Gasteiger partial charge in [-0.05, 0) is 46.0 Å². The molecule has 3 rings (SSSR count). The molecule has 0 aliphatic carbocycles. The molecule has 25 heteroatoms. The van der Waals surface area contributed by atoms with Gasteiger partial charge in [-0.25, -0.2) is 9.37 Å².